The van der Waals surface area contributed by atoms with Gasteiger partial charge in [0, 0.05) is 29.8 Å². The number of anilines is 1. The molecule has 3 atom stereocenters. The topological polar surface area (TPSA) is 54.9 Å². The molecule has 4 nitrogen and oxygen atoms in total. The summed E-state index contributed by atoms with van der Waals surface area (Å²) in [4.78, 5) is 20.8. The van der Waals surface area contributed by atoms with Crippen LogP contribution in [-0.4, -0.2) is 15.9 Å². The molecular formula is C17H19N3OS. The molecule has 2 aliphatic rings. The first-order chi connectivity index (χ1) is 10.8. The molecule has 2 heterocycles. The number of amides is 1. The third-order valence-electron chi connectivity index (χ3n) is 5.04. The highest BCUT2D eigenvalue weighted by Crippen LogP contribution is 2.49. The molecule has 5 heteroatoms. The van der Waals surface area contributed by atoms with Gasteiger partial charge in [-0.15, -0.1) is 11.3 Å². The molecule has 0 aliphatic heterocycles. The molecule has 0 spiro atoms. The van der Waals surface area contributed by atoms with E-state index in [-0.39, 0.29) is 5.91 Å². The SMILES string of the molecule is O=C(C[C@@H]1C[C@H]2CC[C@@H]1C2)Nc1nc(-c2cccnc2)cs1. The summed E-state index contributed by atoms with van der Waals surface area (Å²) in [7, 11) is 0. The van der Waals surface area contributed by atoms with Gasteiger partial charge in [0.15, 0.2) is 5.13 Å². The lowest BCUT2D eigenvalue weighted by molar-refractivity contribution is -0.117. The summed E-state index contributed by atoms with van der Waals surface area (Å²) < 4.78 is 0. The number of fused-ring (bicyclic) bond motifs is 2. The standard InChI is InChI=1S/C17H19N3OS/c21-16(8-14-7-11-3-4-12(14)6-11)20-17-19-15(10-22-17)13-2-1-5-18-9-13/h1-2,5,9-12,14H,3-4,6-8H2,(H,19,20,21)/t11-,12+,14-/m0/s1. The van der Waals surface area contributed by atoms with E-state index in [9.17, 15) is 4.79 Å². The predicted molar refractivity (Wildman–Crippen MR) is 87.5 cm³/mol. The summed E-state index contributed by atoms with van der Waals surface area (Å²) in [6, 6.07) is 3.87. The fraction of sp³-hybridized carbons (Fsp3) is 0.471. The van der Waals surface area contributed by atoms with Gasteiger partial charge in [-0.05, 0) is 49.1 Å². The average Bonchev–Trinajstić information content (AvgIpc) is 3.24. The molecule has 0 radical (unpaired) electrons. The fourth-order valence-corrected chi connectivity index (χ4v) is 4.75. The normalized spacial score (nSPS) is 26.3. The van der Waals surface area contributed by atoms with Crippen molar-refractivity contribution < 1.29 is 4.79 Å². The van der Waals surface area contributed by atoms with E-state index in [1.807, 2.05) is 17.5 Å². The zero-order valence-corrected chi connectivity index (χ0v) is 13.2. The Labute approximate surface area is 134 Å². The number of nitrogens with zero attached hydrogens (tertiary/aromatic N) is 2. The zero-order valence-electron chi connectivity index (χ0n) is 12.4. The Kier molecular flexibility index (Phi) is 3.66. The van der Waals surface area contributed by atoms with E-state index in [0.717, 1.165) is 23.1 Å². The smallest absolute Gasteiger partial charge is 0.226 e. The lowest BCUT2D eigenvalue weighted by atomic mass is 9.86. The Morgan fingerprint density at radius 2 is 2.32 bits per heavy atom. The second kappa shape index (κ2) is 5.80. The van der Waals surface area contributed by atoms with Gasteiger partial charge in [-0.2, -0.15) is 0 Å². The molecular weight excluding hydrogens is 294 g/mol. The molecule has 2 bridgehead atoms. The first kappa shape index (κ1) is 13.9. The number of carbonyl (C=O) groups excluding carboxylic acids is 1. The van der Waals surface area contributed by atoms with Crippen LogP contribution in [0.1, 0.15) is 32.1 Å². The summed E-state index contributed by atoms with van der Waals surface area (Å²) in [5.74, 6) is 2.39. The van der Waals surface area contributed by atoms with Crippen molar-refractivity contribution in [2.45, 2.75) is 32.1 Å². The molecule has 2 aromatic rings. The number of rotatable bonds is 4. The molecule has 0 saturated heterocycles. The second-order valence-electron chi connectivity index (χ2n) is 6.47. The molecule has 2 aliphatic carbocycles. The highest BCUT2D eigenvalue weighted by molar-refractivity contribution is 7.14. The van der Waals surface area contributed by atoms with Crippen molar-refractivity contribution in [2.24, 2.45) is 17.8 Å². The fourth-order valence-electron chi connectivity index (χ4n) is 4.01. The van der Waals surface area contributed by atoms with Crippen LogP contribution in [-0.2, 0) is 4.79 Å². The van der Waals surface area contributed by atoms with E-state index >= 15 is 0 Å². The first-order valence-electron chi connectivity index (χ1n) is 7.93. The first-order valence-corrected chi connectivity index (χ1v) is 8.81. The number of hydrogen-bond donors (Lipinski definition) is 1. The van der Waals surface area contributed by atoms with Crippen LogP contribution >= 0.6 is 11.3 Å². The van der Waals surface area contributed by atoms with Crippen LogP contribution in [0.2, 0.25) is 0 Å². The van der Waals surface area contributed by atoms with Crippen molar-refractivity contribution in [3.8, 4) is 11.3 Å². The summed E-state index contributed by atoms with van der Waals surface area (Å²) in [6.45, 7) is 0. The average molecular weight is 313 g/mol. The zero-order chi connectivity index (χ0) is 14.9. The van der Waals surface area contributed by atoms with Crippen LogP contribution in [0.4, 0.5) is 5.13 Å². The summed E-state index contributed by atoms with van der Waals surface area (Å²) >= 11 is 1.48. The molecule has 0 aromatic carbocycles. The Hall–Kier alpha value is -1.75. The van der Waals surface area contributed by atoms with Crippen molar-refractivity contribution in [2.75, 3.05) is 5.32 Å². The van der Waals surface area contributed by atoms with E-state index < -0.39 is 0 Å². The maximum absolute atomic E-state index is 12.2. The molecule has 1 amide bonds. The number of pyridine rings is 1. The lowest BCUT2D eigenvalue weighted by Gasteiger charge is -2.20. The predicted octanol–water partition coefficient (Wildman–Crippen LogP) is 3.97. The van der Waals surface area contributed by atoms with E-state index in [4.69, 9.17) is 0 Å². The van der Waals surface area contributed by atoms with Crippen LogP contribution in [0, 0.1) is 17.8 Å². The Bertz CT molecular complexity index is 670. The molecule has 4 rings (SSSR count). The third-order valence-corrected chi connectivity index (χ3v) is 5.80. The number of aromatic nitrogens is 2. The van der Waals surface area contributed by atoms with Crippen molar-refractivity contribution in [1.29, 1.82) is 0 Å². The van der Waals surface area contributed by atoms with Crippen molar-refractivity contribution in [1.82, 2.24) is 9.97 Å². The van der Waals surface area contributed by atoms with E-state index in [2.05, 4.69) is 15.3 Å². The highest BCUT2D eigenvalue weighted by Gasteiger charge is 2.40. The maximum Gasteiger partial charge on any atom is 0.226 e. The minimum absolute atomic E-state index is 0.115. The van der Waals surface area contributed by atoms with Crippen LogP contribution < -0.4 is 5.32 Å². The third kappa shape index (κ3) is 2.77. The van der Waals surface area contributed by atoms with Gasteiger partial charge in [-0.25, -0.2) is 4.98 Å². The van der Waals surface area contributed by atoms with Crippen molar-refractivity contribution in [3.63, 3.8) is 0 Å². The van der Waals surface area contributed by atoms with Crippen molar-refractivity contribution in [3.05, 3.63) is 29.9 Å². The molecule has 0 unspecified atom stereocenters. The minimum atomic E-state index is 0.115. The number of hydrogen-bond acceptors (Lipinski definition) is 4. The summed E-state index contributed by atoms with van der Waals surface area (Å²) in [5, 5.41) is 5.62. The van der Waals surface area contributed by atoms with E-state index in [1.54, 1.807) is 12.4 Å². The van der Waals surface area contributed by atoms with Gasteiger partial charge in [0.25, 0.3) is 0 Å². The summed E-state index contributed by atoms with van der Waals surface area (Å²) in [6.07, 6.45) is 9.48. The number of thiazole rings is 1. The van der Waals surface area contributed by atoms with Gasteiger partial charge >= 0.3 is 0 Å². The molecule has 2 fully saturated rings. The highest BCUT2D eigenvalue weighted by atomic mass is 32.1. The van der Waals surface area contributed by atoms with Crippen LogP contribution in [0.3, 0.4) is 0 Å². The van der Waals surface area contributed by atoms with Gasteiger partial charge in [0.05, 0.1) is 5.69 Å². The largest absolute Gasteiger partial charge is 0.302 e. The molecule has 2 aromatic heterocycles. The second-order valence-corrected chi connectivity index (χ2v) is 7.32. The van der Waals surface area contributed by atoms with Gasteiger partial charge in [0.2, 0.25) is 5.91 Å². The van der Waals surface area contributed by atoms with Crippen molar-refractivity contribution >= 4 is 22.4 Å². The quantitative estimate of drug-likeness (QED) is 0.929. The monoisotopic (exact) mass is 313 g/mol. The maximum atomic E-state index is 12.2. The molecule has 1 N–H and O–H groups in total. The summed E-state index contributed by atoms with van der Waals surface area (Å²) in [5.41, 5.74) is 1.85. The van der Waals surface area contributed by atoms with Crippen LogP contribution in [0.5, 0.6) is 0 Å². The van der Waals surface area contributed by atoms with Gasteiger partial charge in [0.1, 0.15) is 0 Å². The van der Waals surface area contributed by atoms with Gasteiger partial charge in [-0.3, -0.25) is 9.78 Å². The van der Waals surface area contributed by atoms with E-state index in [0.29, 0.717) is 17.5 Å². The minimum Gasteiger partial charge on any atom is -0.302 e. The van der Waals surface area contributed by atoms with E-state index in [1.165, 1.54) is 37.0 Å². The van der Waals surface area contributed by atoms with Crippen LogP contribution in [0.25, 0.3) is 11.3 Å². The molecule has 22 heavy (non-hydrogen) atoms. The Balaban J connectivity index is 1.37. The lowest BCUT2D eigenvalue weighted by Crippen LogP contribution is -2.20. The molecule has 114 valence electrons. The number of nitrogens with one attached hydrogen (secondary N) is 1. The molecule has 2 saturated carbocycles. The number of carbonyl (C=O) groups is 1. The Morgan fingerprint density at radius 1 is 1.36 bits per heavy atom. The Morgan fingerprint density at radius 3 is 3.05 bits per heavy atom. The van der Waals surface area contributed by atoms with Crippen LogP contribution in [0.15, 0.2) is 29.9 Å². The van der Waals surface area contributed by atoms with Gasteiger partial charge < -0.3 is 5.32 Å². The van der Waals surface area contributed by atoms with Gasteiger partial charge in [-0.1, -0.05) is 6.42 Å².